The third kappa shape index (κ3) is 4.72. The molecule has 31 heavy (non-hydrogen) atoms. The Hall–Kier alpha value is -2.13. The average Bonchev–Trinajstić information content (AvgIpc) is 3.20. The van der Waals surface area contributed by atoms with E-state index in [0.29, 0.717) is 23.8 Å². The van der Waals surface area contributed by atoms with E-state index in [1.54, 1.807) is 6.08 Å². The second-order valence-corrected chi connectivity index (χ2v) is 9.03. The lowest BCUT2D eigenvalue weighted by Crippen LogP contribution is -2.43. The highest BCUT2D eigenvalue weighted by atomic mass is 19.4. The normalized spacial score (nSPS) is 30.0. The van der Waals surface area contributed by atoms with E-state index >= 15 is 0 Å². The summed E-state index contributed by atoms with van der Waals surface area (Å²) in [5, 5.41) is 0. The third-order valence-electron chi connectivity index (χ3n) is 6.59. The van der Waals surface area contributed by atoms with Crippen molar-refractivity contribution >= 4 is 17.2 Å². The number of nitrogens with zero attached hydrogens (tertiary/aromatic N) is 3. The molecule has 1 aromatic rings. The van der Waals surface area contributed by atoms with E-state index in [1.807, 2.05) is 13.8 Å². The first-order chi connectivity index (χ1) is 14.6. The molecule has 1 aromatic heterocycles. The smallest absolute Gasteiger partial charge is 0.398 e. The lowest BCUT2D eigenvalue weighted by Gasteiger charge is -2.33. The minimum atomic E-state index is -4.58. The molecule has 9 heteroatoms. The van der Waals surface area contributed by atoms with Gasteiger partial charge in [-0.05, 0) is 50.7 Å². The van der Waals surface area contributed by atoms with E-state index < -0.39 is 17.6 Å². The van der Waals surface area contributed by atoms with Crippen molar-refractivity contribution in [3.05, 3.63) is 29.5 Å². The maximum Gasteiger partial charge on any atom is 0.419 e. The van der Waals surface area contributed by atoms with Gasteiger partial charge in [-0.25, -0.2) is 4.98 Å². The molecule has 2 heterocycles. The first-order valence-corrected chi connectivity index (χ1v) is 10.8. The lowest BCUT2D eigenvalue weighted by molar-refractivity contribution is -0.137. The van der Waals surface area contributed by atoms with Crippen LogP contribution in [0.2, 0.25) is 0 Å². The molecule has 2 unspecified atom stereocenters. The van der Waals surface area contributed by atoms with E-state index in [9.17, 15) is 13.2 Å². The fraction of sp³-hybridized carbons (Fsp3) is 0.636. The SMILES string of the molecule is CC(C)N=C(C=C(N)c1cnc(N)c(C(F)(F)F)c1)C1C2CC(N3CCOCC3)CC21. The molecular weight excluding hydrogens is 407 g/mol. The van der Waals surface area contributed by atoms with Crippen molar-refractivity contribution in [1.82, 2.24) is 9.88 Å². The summed E-state index contributed by atoms with van der Waals surface area (Å²) in [6, 6.07) is 1.63. The van der Waals surface area contributed by atoms with Crippen LogP contribution in [0.25, 0.3) is 5.70 Å². The van der Waals surface area contributed by atoms with Crippen molar-refractivity contribution in [3.8, 4) is 0 Å². The molecule has 2 atom stereocenters. The number of allylic oxidation sites excluding steroid dienone is 1. The van der Waals surface area contributed by atoms with Crippen LogP contribution in [0.1, 0.15) is 37.8 Å². The number of aliphatic imine (C=N–C) groups is 1. The van der Waals surface area contributed by atoms with Crippen molar-refractivity contribution < 1.29 is 17.9 Å². The molecule has 3 aliphatic rings. The van der Waals surface area contributed by atoms with Gasteiger partial charge in [0, 0.05) is 54.3 Å². The number of halogens is 3. The zero-order valence-corrected chi connectivity index (χ0v) is 17.9. The maximum atomic E-state index is 13.2. The largest absolute Gasteiger partial charge is 0.419 e. The fourth-order valence-electron chi connectivity index (χ4n) is 5.11. The molecule has 0 spiro atoms. The Kier molecular flexibility index (Phi) is 6.00. The average molecular weight is 438 g/mol. The summed E-state index contributed by atoms with van der Waals surface area (Å²) in [7, 11) is 0. The van der Waals surface area contributed by atoms with Crippen LogP contribution in [-0.2, 0) is 10.9 Å². The third-order valence-corrected chi connectivity index (χ3v) is 6.59. The van der Waals surface area contributed by atoms with Crippen molar-refractivity contribution in [2.24, 2.45) is 28.5 Å². The number of hydrogen-bond donors (Lipinski definition) is 2. The molecule has 2 saturated carbocycles. The molecule has 0 aromatic carbocycles. The van der Waals surface area contributed by atoms with Crippen LogP contribution in [0, 0.1) is 17.8 Å². The van der Waals surface area contributed by atoms with Crippen LogP contribution in [0.4, 0.5) is 19.0 Å². The van der Waals surface area contributed by atoms with E-state index in [2.05, 4.69) is 9.88 Å². The highest BCUT2D eigenvalue weighted by molar-refractivity contribution is 6.04. The zero-order chi connectivity index (χ0) is 22.3. The monoisotopic (exact) mass is 437 g/mol. The van der Waals surface area contributed by atoms with Crippen LogP contribution >= 0.6 is 0 Å². The Morgan fingerprint density at radius 2 is 1.90 bits per heavy atom. The number of anilines is 1. The number of alkyl halides is 3. The van der Waals surface area contributed by atoms with Gasteiger partial charge < -0.3 is 16.2 Å². The van der Waals surface area contributed by atoms with Crippen molar-refractivity contribution in [2.75, 3.05) is 32.0 Å². The van der Waals surface area contributed by atoms with Crippen molar-refractivity contribution in [3.63, 3.8) is 0 Å². The van der Waals surface area contributed by atoms with Crippen LogP contribution in [0.3, 0.4) is 0 Å². The van der Waals surface area contributed by atoms with Crippen LogP contribution < -0.4 is 11.5 Å². The molecule has 4 rings (SSSR count). The van der Waals surface area contributed by atoms with Gasteiger partial charge in [-0.1, -0.05) is 0 Å². The van der Waals surface area contributed by atoms with Gasteiger partial charge in [-0.3, -0.25) is 9.89 Å². The second kappa shape index (κ2) is 8.43. The number of morpholine rings is 1. The molecule has 0 amide bonds. The second-order valence-electron chi connectivity index (χ2n) is 9.03. The number of pyridine rings is 1. The summed E-state index contributed by atoms with van der Waals surface area (Å²) in [6.07, 6.45) is 0.694. The summed E-state index contributed by atoms with van der Waals surface area (Å²) < 4.78 is 45.0. The number of rotatable bonds is 5. The van der Waals surface area contributed by atoms with E-state index in [0.717, 1.165) is 50.9 Å². The van der Waals surface area contributed by atoms with Gasteiger partial charge in [0.1, 0.15) is 5.82 Å². The van der Waals surface area contributed by atoms with E-state index in [-0.39, 0.29) is 17.3 Å². The number of nitrogen functional groups attached to an aromatic ring is 1. The number of nitrogens with two attached hydrogens (primary N) is 2. The minimum absolute atomic E-state index is 0.0747. The van der Waals surface area contributed by atoms with Gasteiger partial charge in [0.05, 0.1) is 18.8 Å². The Balaban J connectivity index is 1.51. The first-order valence-electron chi connectivity index (χ1n) is 10.8. The summed E-state index contributed by atoms with van der Waals surface area (Å²) in [5.74, 6) is 0.891. The summed E-state index contributed by atoms with van der Waals surface area (Å²) >= 11 is 0. The summed E-state index contributed by atoms with van der Waals surface area (Å²) in [5.41, 5.74) is 12.0. The maximum absolute atomic E-state index is 13.2. The number of aromatic nitrogens is 1. The molecular formula is C22H30F3N5O. The van der Waals surface area contributed by atoms with E-state index in [1.165, 1.54) is 6.20 Å². The topological polar surface area (TPSA) is 89.8 Å². The predicted octanol–water partition coefficient (Wildman–Crippen LogP) is 3.19. The molecule has 1 aliphatic heterocycles. The van der Waals surface area contributed by atoms with Gasteiger partial charge in [0.2, 0.25) is 0 Å². The summed E-state index contributed by atoms with van der Waals surface area (Å²) in [4.78, 5) is 11.0. The van der Waals surface area contributed by atoms with Crippen LogP contribution in [-0.4, -0.2) is 54.0 Å². The Labute approximate surface area is 180 Å². The van der Waals surface area contributed by atoms with Crippen molar-refractivity contribution in [2.45, 2.75) is 44.9 Å². The Morgan fingerprint density at radius 3 is 2.48 bits per heavy atom. The molecule has 0 radical (unpaired) electrons. The predicted molar refractivity (Wildman–Crippen MR) is 114 cm³/mol. The van der Waals surface area contributed by atoms with Crippen LogP contribution in [0.5, 0.6) is 0 Å². The quantitative estimate of drug-likeness (QED) is 0.691. The Morgan fingerprint density at radius 1 is 1.26 bits per heavy atom. The number of hydrogen-bond acceptors (Lipinski definition) is 6. The molecule has 4 N–H and O–H groups in total. The molecule has 0 bridgehead atoms. The van der Waals surface area contributed by atoms with Gasteiger partial charge in [-0.15, -0.1) is 0 Å². The molecule has 3 fully saturated rings. The fourth-order valence-corrected chi connectivity index (χ4v) is 5.11. The van der Waals surface area contributed by atoms with E-state index in [4.69, 9.17) is 21.2 Å². The van der Waals surface area contributed by atoms with Gasteiger partial charge in [0.15, 0.2) is 0 Å². The highest BCUT2D eigenvalue weighted by Crippen LogP contribution is 2.59. The standard InChI is InChI=1S/C22H30F3N5O/c1-12(2)29-19(10-18(26)13-7-17(22(23,24)25)21(27)28-11-13)20-15-8-14(9-16(15)20)30-3-5-31-6-4-30/h7,10-12,14-16,20H,3-6,8-9,26H2,1-2H3,(H2,27,28). The lowest BCUT2D eigenvalue weighted by atomic mass is 10.00. The van der Waals surface area contributed by atoms with Crippen molar-refractivity contribution in [1.29, 1.82) is 0 Å². The number of ether oxygens (including phenoxy) is 1. The number of fused-ring (bicyclic) bond motifs is 1. The molecule has 170 valence electrons. The summed E-state index contributed by atoms with van der Waals surface area (Å²) in [6.45, 7) is 7.55. The molecule has 6 nitrogen and oxygen atoms in total. The van der Waals surface area contributed by atoms with Gasteiger partial charge in [0.25, 0.3) is 0 Å². The van der Waals surface area contributed by atoms with Gasteiger partial charge >= 0.3 is 6.18 Å². The first kappa shape index (κ1) is 22.1. The van der Waals surface area contributed by atoms with Gasteiger partial charge in [-0.2, -0.15) is 13.2 Å². The minimum Gasteiger partial charge on any atom is -0.398 e. The van der Waals surface area contributed by atoms with Crippen LogP contribution in [0.15, 0.2) is 23.3 Å². The molecule has 2 aliphatic carbocycles. The Bertz CT molecular complexity index is 864. The highest BCUT2D eigenvalue weighted by Gasteiger charge is 2.58. The molecule has 1 saturated heterocycles. The zero-order valence-electron chi connectivity index (χ0n) is 17.9.